The summed E-state index contributed by atoms with van der Waals surface area (Å²) in [5.74, 6) is 1.76. The third-order valence-corrected chi connectivity index (χ3v) is 4.73. The minimum absolute atomic E-state index is 0.111. The van der Waals surface area contributed by atoms with Gasteiger partial charge in [-0.05, 0) is 26.8 Å². The molecule has 3 aromatic rings. The van der Waals surface area contributed by atoms with E-state index in [1.807, 2.05) is 18.5 Å². The topological polar surface area (TPSA) is 67.1 Å². The molecule has 1 aliphatic heterocycles. The van der Waals surface area contributed by atoms with E-state index in [1.165, 1.54) is 5.56 Å². The molecule has 0 saturated carbocycles. The van der Waals surface area contributed by atoms with Crippen molar-refractivity contribution in [3.05, 3.63) is 40.5 Å². The fraction of sp³-hybridized carbons (Fsp3) is 0.400. The number of aryl methyl sites for hydroxylation is 1. The van der Waals surface area contributed by atoms with Crippen LogP contribution in [0.15, 0.2) is 17.8 Å². The van der Waals surface area contributed by atoms with Gasteiger partial charge in [0.1, 0.15) is 11.6 Å². The maximum atomic E-state index is 4.67. The van der Waals surface area contributed by atoms with Gasteiger partial charge in [0, 0.05) is 29.9 Å². The van der Waals surface area contributed by atoms with Gasteiger partial charge in [-0.3, -0.25) is 4.40 Å². The van der Waals surface area contributed by atoms with Crippen LogP contribution in [0.4, 0.5) is 5.82 Å². The minimum Gasteiger partial charge on any atom is -0.362 e. The van der Waals surface area contributed by atoms with Crippen molar-refractivity contribution in [2.45, 2.75) is 32.9 Å². The number of nitrogens with zero attached hydrogens (tertiary/aromatic N) is 4. The molecule has 0 saturated heterocycles. The number of thiazole rings is 1. The lowest BCUT2D eigenvalue weighted by molar-refractivity contribution is 0.619. The summed E-state index contributed by atoms with van der Waals surface area (Å²) in [6, 6.07) is 0.111. The molecule has 0 spiro atoms. The number of nitrogens with one attached hydrogen (secondary N) is 2. The Morgan fingerprint density at radius 2 is 2.27 bits per heavy atom. The van der Waals surface area contributed by atoms with Crippen molar-refractivity contribution in [2.24, 2.45) is 0 Å². The van der Waals surface area contributed by atoms with E-state index in [9.17, 15) is 0 Å². The summed E-state index contributed by atoms with van der Waals surface area (Å²) in [5.41, 5.74) is 3.38. The molecule has 22 heavy (non-hydrogen) atoms. The van der Waals surface area contributed by atoms with E-state index in [2.05, 4.69) is 43.1 Å². The van der Waals surface area contributed by atoms with Gasteiger partial charge in [-0.1, -0.05) is 0 Å². The molecule has 114 valence electrons. The Hall–Kier alpha value is -1.99. The molecule has 3 aromatic heterocycles. The van der Waals surface area contributed by atoms with Gasteiger partial charge in [0.25, 0.3) is 0 Å². The quantitative estimate of drug-likeness (QED) is 0.776. The predicted molar refractivity (Wildman–Crippen MR) is 87.3 cm³/mol. The molecular formula is C15H18N6S. The van der Waals surface area contributed by atoms with Crippen molar-refractivity contribution in [3.8, 4) is 0 Å². The van der Waals surface area contributed by atoms with Crippen LogP contribution in [0.25, 0.3) is 4.96 Å². The zero-order chi connectivity index (χ0) is 15.1. The molecule has 7 heteroatoms. The van der Waals surface area contributed by atoms with Crippen LogP contribution in [-0.2, 0) is 13.0 Å². The van der Waals surface area contributed by atoms with Crippen molar-refractivity contribution in [2.75, 3.05) is 11.9 Å². The molecule has 4 heterocycles. The molecule has 1 aliphatic rings. The summed E-state index contributed by atoms with van der Waals surface area (Å²) < 4.78 is 2.06. The number of fused-ring (bicyclic) bond motifs is 2. The van der Waals surface area contributed by atoms with Crippen molar-refractivity contribution in [1.82, 2.24) is 24.7 Å². The third-order valence-electron chi connectivity index (χ3n) is 3.96. The average molecular weight is 314 g/mol. The second-order valence-corrected chi connectivity index (χ2v) is 6.47. The first-order valence-corrected chi connectivity index (χ1v) is 8.34. The van der Waals surface area contributed by atoms with Crippen LogP contribution >= 0.6 is 11.3 Å². The second-order valence-electron chi connectivity index (χ2n) is 5.60. The highest BCUT2D eigenvalue weighted by Crippen LogP contribution is 2.25. The van der Waals surface area contributed by atoms with Crippen LogP contribution in [0.1, 0.15) is 35.7 Å². The van der Waals surface area contributed by atoms with Crippen LogP contribution in [-0.4, -0.2) is 25.9 Å². The molecule has 4 rings (SSSR count). The Kier molecular flexibility index (Phi) is 3.31. The summed E-state index contributed by atoms with van der Waals surface area (Å²) in [6.45, 7) is 5.86. The normalized spacial score (nSPS) is 15.7. The molecular weight excluding hydrogens is 296 g/mol. The first kappa shape index (κ1) is 13.7. The monoisotopic (exact) mass is 314 g/mol. The first-order valence-electron chi connectivity index (χ1n) is 7.46. The van der Waals surface area contributed by atoms with Crippen molar-refractivity contribution < 1.29 is 0 Å². The van der Waals surface area contributed by atoms with E-state index in [0.29, 0.717) is 0 Å². The van der Waals surface area contributed by atoms with Crippen LogP contribution < -0.4 is 10.6 Å². The number of anilines is 1. The molecule has 0 amide bonds. The highest BCUT2D eigenvalue weighted by Gasteiger charge is 2.19. The molecule has 0 radical (unpaired) electrons. The van der Waals surface area contributed by atoms with Crippen LogP contribution in [0.2, 0.25) is 0 Å². The number of aromatic nitrogens is 4. The highest BCUT2D eigenvalue weighted by molar-refractivity contribution is 7.15. The lowest BCUT2D eigenvalue weighted by atomic mass is 10.1. The van der Waals surface area contributed by atoms with E-state index in [4.69, 9.17) is 0 Å². The van der Waals surface area contributed by atoms with Gasteiger partial charge >= 0.3 is 0 Å². The van der Waals surface area contributed by atoms with Crippen molar-refractivity contribution in [1.29, 1.82) is 0 Å². The van der Waals surface area contributed by atoms with Crippen molar-refractivity contribution in [3.63, 3.8) is 0 Å². The van der Waals surface area contributed by atoms with Gasteiger partial charge < -0.3 is 10.6 Å². The van der Waals surface area contributed by atoms with Gasteiger partial charge in [-0.15, -0.1) is 11.3 Å². The smallest absolute Gasteiger partial charge is 0.193 e. The molecule has 1 unspecified atom stereocenters. The predicted octanol–water partition coefficient (Wildman–Crippen LogP) is 2.31. The summed E-state index contributed by atoms with van der Waals surface area (Å²) in [6.07, 6.45) is 5.07. The van der Waals surface area contributed by atoms with Gasteiger partial charge in [-0.2, -0.15) is 0 Å². The maximum absolute atomic E-state index is 4.67. The highest BCUT2D eigenvalue weighted by atomic mass is 32.1. The lowest BCUT2D eigenvalue weighted by Gasteiger charge is -2.22. The van der Waals surface area contributed by atoms with Crippen LogP contribution in [0.3, 0.4) is 0 Å². The van der Waals surface area contributed by atoms with Crippen molar-refractivity contribution >= 4 is 22.1 Å². The Morgan fingerprint density at radius 1 is 1.36 bits per heavy atom. The standard InChI is InChI=1S/C15H18N6S/c1-9(13-8-21-5-6-22-15(21)20-13)17-14-11-3-4-16-7-12(11)18-10(2)19-14/h5-6,8-9,16H,3-4,7H2,1-2H3,(H,17,18,19). The number of rotatable bonds is 3. The summed E-state index contributed by atoms with van der Waals surface area (Å²) in [5, 5.41) is 8.93. The van der Waals surface area contributed by atoms with E-state index in [-0.39, 0.29) is 6.04 Å². The van der Waals surface area contributed by atoms with E-state index < -0.39 is 0 Å². The van der Waals surface area contributed by atoms with E-state index >= 15 is 0 Å². The first-order chi connectivity index (χ1) is 10.7. The second kappa shape index (κ2) is 5.33. The van der Waals surface area contributed by atoms with E-state index in [0.717, 1.165) is 47.5 Å². The molecule has 6 nitrogen and oxygen atoms in total. The molecule has 0 aromatic carbocycles. The van der Waals surface area contributed by atoms with E-state index in [1.54, 1.807) is 11.3 Å². The summed E-state index contributed by atoms with van der Waals surface area (Å²) >= 11 is 1.65. The Bertz CT molecular complexity index is 792. The average Bonchev–Trinajstić information content (AvgIpc) is 3.08. The number of imidazole rings is 1. The third kappa shape index (κ3) is 2.36. The summed E-state index contributed by atoms with van der Waals surface area (Å²) in [4.78, 5) is 14.8. The number of hydrogen-bond donors (Lipinski definition) is 2. The molecule has 0 bridgehead atoms. The van der Waals surface area contributed by atoms with Gasteiger partial charge in [0.15, 0.2) is 4.96 Å². The van der Waals surface area contributed by atoms with Gasteiger partial charge in [-0.25, -0.2) is 15.0 Å². The zero-order valence-electron chi connectivity index (χ0n) is 12.6. The van der Waals surface area contributed by atoms with Gasteiger partial charge in [0.2, 0.25) is 0 Å². The molecule has 0 aliphatic carbocycles. The maximum Gasteiger partial charge on any atom is 0.193 e. The zero-order valence-corrected chi connectivity index (χ0v) is 13.4. The fourth-order valence-corrected chi connectivity index (χ4v) is 3.54. The Labute approximate surface area is 132 Å². The molecule has 1 atom stereocenters. The van der Waals surface area contributed by atoms with Crippen LogP contribution in [0.5, 0.6) is 0 Å². The largest absolute Gasteiger partial charge is 0.362 e. The molecule has 2 N–H and O–H groups in total. The Morgan fingerprint density at radius 3 is 3.14 bits per heavy atom. The molecule has 0 fully saturated rings. The summed E-state index contributed by atoms with van der Waals surface area (Å²) in [7, 11) is 0. The fourth-order valence-electron chi connectivity index (χ4n) is 2.84. The SMILES string of the molecule is Cc1nc2c(c(NC(C)c3cn4ccsc4n3)n1)CCNC2. The number of hydrogen-bond acceptors (Lipinski definition) is 6. The minimum atomic E-state index is 0.111. The Balaban J connectivity index is 1.65. The van der Waals surface area contributed by atoms with Gasteiger partial charge in [0.05, 0.1) is 17.4 Å². The van der Waals surface area contributed by atoms with Crippen LogP contribution in [0, 0.1) is 6.92 Å². The lowest BCUT2D eigenvalue weighted by Crippen LogP contribution is -2.27.